The van der Waals surface area contributed by atoms with Crippen molar-refractivity contribution in [2.24, 2.45) is 0 Å². The van der Waals surface area contributed by atoms with E-state index in [1.54, 1.807) is 11.3 Å². The number of nitrogens with one attached hydrogen (secondary N) is 1. The molecule has 1 amide bonds. The molecule has 2 aromatic rings. The van der Waals surface area contributed by atoms with Crippen LogP contribution in [-0.2, 0) is 16.1 Å². The van der Waals surface area contributed by atoms with Crippen LogP contribution in [-0.4, -0.2) is 36.5 Å². The summed E-state index contributed by atoms with van der Waals surface area (Å²) in [5.41, 5.74) is 1.09. The van der Waals surface area contributed by atoms with Crippen LogP contribution in [0.2, 0.25) is 5.02 Å². The van der Waals surface area contributed by atoms with Gasteiger partial charge in [0.05, 0.1) is 25.3 Å². The van der Waals surface area contributed by atoms with Crippen LogP contribution in [0.4, 0.5) is 0 Å². The maximum Gasteiger partial charge on any atom is 0.237 e. The Balaban J connectivity index is 1.56. The summed E-state index contributed by atoms with van der Waals surface area (Å²) < 4.78 is 5.87. The van der Waals surface area contributed by atoms with E-state index in [1.165, 1.54) is 0 Å². The largest absolute Gasteiger partial charge is 0.371 e. The quantitative estimate of drug-likeness (QED) is 0.883. The van der Waals surface area contributed by atoms with Crippen LogP contribution in [0.15, 0.2) is 41.8 Å². The molecule has 1 aliphatic heterocycles. The van der Waals surface area contributed by atoms with E-state index in [9.17, 15) is 4.79 Å². The molecule has 1 N–H and O–H groups in total. The average Bonchev–Trinajstić information content (AvgIpc) is 3.13. The van der Waals surface area contributed by atoms with E-state index in [2.05, 4.69) is 10.2 Å². The van der Waals surface area contributed by atoms with Crippen LogP contribution in [0.5, 0.6) is 0 Å². The number of ether oxygens (including phenoxy) is 1. The van der Waals surface area contributed by atoms with E-state index in [4.69, 9.17) is 16.3 Å². The first-order valence-corrected chi connectivity index (χ1v) is 9.30. The molecule has 0 saturated carbocycles. The number of morpholine rings is 1. The third kappa shape index (κ3) is 4.36. The molecule has 2 unspecified atom stereocenters. The minimum Gasteiger partial charge on any atom is -0.371 e. The van der Waals surface area contributed by atoms with Crippen molar-refractivity contribution in [1.29, 1.82) is 0 Å². The van der Waals surface area contributed by atoms with Gasteiger partial charge in [-0.05, 0) is 36.1 Å². The Kier molecular flexibility index (Phi) is 5.89. The van der Waals surface area contributed by atoms with Crippen molar-refractivity contribution in [2.75, 3.05) is 19.7 Å². The Hall–Kier alpha value is -1.40. The molecule has 0 aliphatic carbocycles. The summed E-state index contributed by atoms with van der Waals surface area (Å²) in [6, 6.07) is 11.6. The van der Waals surface area contributed by atoms with E-state index in [-0.39, 0.29) is 18.1 Å². The molecular weight excluding hydrogens is 344 g/mol. The minimum atomic E-state index is -0.177. The number of hydrogen-bond acceptors (Lipinski definition) is 4. The van der Waals surface area contributed by atoms with Gasteiger partial charge in [0, 0.05) is 23.0 Å². The predicted octanol–water partition coefficient (Wildman–Crippen LogP) is 3.48. The summed E-state index contributed by atoms with van der Waals surface area (Å²) in [6.45, 7) is 4.63. The van der Waals surface area contributed by atoms with Gasteiger partial charge in [0.25, 0.3) is 0 Å². The van der Waals surface area contributed by atoms with Gasteiger partial charge in [0.15, 0.2) is 0 Å². The van der Waals surface area contributed by atoms with E-state index in [0.29, 0.717) is 24.7 Å². The number of carbonyl (C=O) groups excluding carboxylic acids is 1. The molecular formula is C18H21ClN2O2S. The minimum absolute atomic E-state index is 0.0245. The van der Waals surface area contributed by atoms with Crippen LogP contribution in [0, 0.1) is 0 Å². The highest BCUT2D eigenvalue weighted by Crippen LogP contribution is 2.24. The van der Waals surface area contributed by atoms with Gasteiger partial charge in [-0.2, -0.15) is 0 Å². The van der Waals surface area contributed by atoms with Crippen molar-refractivity contribution in [1.82, 2.24) is 10.2 Å². The van der Waals surface area contributed by atoms with Crippen molar-refractivity contribution < 1.29 is 9.53 Å². The van der Waals surface area contributed by atoms with Crippen LogP contribution in [0.25, 0.3) is 0 Å². The fourth-order valence-electron chi connectivity index (χ4n) is 2.80. The summed E-state index contributed by atoms with van der Waals surface area (Å²) in [4.78, 5) is 15.8. The SMILES string of the molecule is CC(C(=O)NCc1cccs1)N1CCOC(c2ccc(Cl)cc2)C1. The first kappa shape index (κ1) is 17.4. The second-order valence-corrected chi connectivity index (χ2v) is 7.35. The third-order valence-corrected chi connectivity index (χ3v) is 5.41. The van der Waals surface area contributed by atoms with Gasteiger partial charge in [-0.15, -0.1) is 11.3 Å². The summed E-state index contributed by atoms with van der Waals surface area (Å²) in [5.74, 6) is 0.0557. The normalized spacial score (nSPS) is 19.8. The summed E-state index contributed by atoms with van der Waals surface area (Å²) in [5, 5.41) is 5.75. The molecule has 1 aromatic carbocycles. The lowest BCUT2D eigenvalue weighted by Crippen LogP contribution is -2.50. The van der Waals surface area contributed by atoms with Gasteiger partial charge in [-0.3, -0.25) is 9.69 Å². The highest BCUT2D eigenvalue weighted by Gasteiger charge is 2.28. The Labute approximate surface area is 151 Å². The number of hydrogen-bond donors (Lipinski definition) is 1. The fraction of sp³-hybridized carbons (Fsp3) is 0.389. The molecule has 3 rings (SSSR count). The summed E-state index contributed by atoms with van der Waals surface area (Å²) >= 11 is 7.60. The number of thiophene rings is 1. The van der Waals surface area contributed by atoms with Gasteiger partial charge in [0.1, 0.15) is 0 Å². The number of amides is 1. The number of rotatable bonds is 5. The van der Waals surface area contributed by atoms with Crippen LogP contribution in [0.1, 0.15) is 23.5 Å². The summed E-state index contributed by atoms with van der Waals surface area (Å²) in [6.07, 6.45) is -0.0245. The molecule has 128 valence electrons. The standard InChI is InChI=1S/C18H21ClN2O2S/c1-13(18(22)20-11-16-3-2-10-24-16)21-8-9-23-17(12-21)14-4-6-15(19)7-5-14/h2-7,10,13,17H,8-9,11-12H2,1H3,(H,20,22). The molecule has 1 fully saturated rings. The van der Waals surface area contributed by atoms with Crippen molar-refractivity contribution in [3.63, 3.8) is 0 Å². The van der Waals surface area contributed by atoms with E-state index < -0.39 is 0 Å². The lowest BCUT2D eigenvalue weighted by atomic mass is 10.1. The Morgan fingerprint density at radius 3 is 2.92 bits per heavy atom. The average molecular weight is 365 g/mol. The van der Waals surface area contributed by atoms with E-state index in [0.717, 1.165) is 17.0 Å². The van der Waals surface area contributed by atoms with Gasteiger partial charge in [-0.1, -0.05) is 29.8 Å². The molecule has 1 aliphatic rings. The second kappa shape index (κ2) is 8.12. The maximum absolute atomic E-state index is 12.4. The number of carbonyl (C=O) groups is 1. The van der Waals surface area contributed by atoms with Crippen molar-refractivity contribution in [2.45, 2.75) is 25.6 Å². The molecule has 2 heterocycles. The molecule has 0 bridgehead atoms. The second-order valence-electron chi connectivity index (χ2n) is 5.88. The third-order valence-electron chi connectivity index (χ3n) is 4.28. The fourth-order valence-corrected chi connectivity index (χ4v) is 3.57. The highest BCUT2D eigenvalue weighted by molar-refractivity contribution is 7.09. The topological polar surface area (TPSA) is 41.6 Å². The first-order valence-electron chi connectivity index (χ1n) is 8.04. The van der Waals surface area contributed by atoms with E-state index >= 15 is 0 Å². The maximum atomic E-state index is 12.4. The number of halogens is 1. The van der Waals surface area contributed by atoms with Gasteiger partial charge < -0.3 is 10.1 Å². The van der Waals surface area contributed by atoms with Crippen molar-refractivity contribution >= 4 is 28.8 Å². The molecule has 6 heteroatoms. The molecule has 1 aromatic heterocycles. The predicted molar refractivity (Wildman–Crippen MR) is 97.3 cm³/mol. The zero-order valence-corrected chi connectivity index (χ0v) is 15.1. The molecule has 1 saturated heterocycles. The van der Waals surface area contributed by atoms with E-state index in [1.807, 2.05) is 48.7 Å². The molecule has 4 nitrogen and oxygen atoms in total. The lowest BCUT2D eigenvalue weighted by molar-refractivity contribution is -0.129. The Morgan fingerprint density at radius 2 is 2.21 bits per heavy atom. The monoisotopic (exact) mass is 364 g/mol. The smallest absolute Gasteiger partial charge is 0.237 e. The zero-order valence-electron chi connectivity index (χ0n) is 13.6. The Morgan fingerprint density at radius 1 is 1.42 bits per heavy atom. The molecule has 2 atom stereocenters. The Bertz CT molecular complexity index is 660. The van der Waals surface area contributed by atoms with Crippen molar-refractivity contribution in [3.05, 3.63) is 57.2 Å². The molecule has 0 radical (unpaired) electrons. The number of benzene rings is 1. The highest BCUT2D eigenvalue weighted by atomic mass is 35.5. The molecule has 24 heavy (non-hydrogen) atoms. The number of nitrogens with zero attached hydrogens (tertiary/aromatic N) is 1. The first-order chi connectivity index (χ1) is 11.6. The lowest BCUT2D eigenvalue weighted by Gasteiger charge is -2.36. The molecule has 0 spiro atoms. The van der Waals surface area contributed by atoms with Gasteiger partial charge in [0.2, 0.25) is 5.91 Å². The van der Waals surface area contributed by atoms with Crippen LogP contribution < -0.4 is 5.32 Å². The van der Waals surface area contributed by atoms with Crippen molar-refractivity contribution in [3.8, 4) is 0 Å². The van der Waals surface area contributed by atoms with Gasteiger partial charge >= 0.3 is 0 Å². The zero-order chi connectivity index (χ0) is 16.9. The van der Waals surface area contributed by atoms with Crippen LogP contribution >= 0.6 is 22.9 Å². The summed E-state index contributed by atoms with van der Waals surface area (Å²) in [7, 11) is 0. The van der Waals surface area contributed by atoms with Gasteiger partial charge in [-0.25, -0.2) is 0 Å². The van der Waals surface area contributed by atoms with Crippen LogP contribution in [0.3, 0.4) is 0 Å².